The van der Waals surface area contributed by atoms with Crippen LogP contribution in [0.4, 0.5) is 0 Å². The largest absolute Gasteiger partial charge is 2.00 e. The Hall–Kier alpha value is -1.52. The summed E-state index contributed by atoms with van der Waals surface area (Å²) in [5, 5.41) is 3.98. The maximum atomic E-state index is 11.7. The van der Waals surface area contributed by atoms with Gasteiger partial charge in [0.25, 0.3) is 0 Å². The van der Waals surface area contributed by atoms with Gasteiger partial charge in [-0.25, -0.2) is 16.8 Å². The number of hydrogen-bond acceptors (Lipinski definition) is 6. The van der Waals surface area contributed by atoms with Crippen molar-refractivity contribution in [3.05, 3.63) is 82.9 Å². The van der Waals surface area contributed by atoms with Gasteiger partial charge in [0.15, 0.2) is 0 Å². The third-order valence-electron chi connectivity index (χ3n) is 15.1. The van der Waals surface area contributed by atoms with Crippen LogP contribution in [-0.4, -0.2) is 63.7 Å². The van der Waals surface area contributed by atoms with Gasteiger partial charge in [0, 0.05) is 0 Å². The average molecular weight is 1070 g/mol. The maximum absolute atomic E-state index is 11.7. The van der Waals surface area contributed by atoms with E-state index in [1.54, 1.807) is 24.3 Å². The van der Waals surface area contributed by atoms with E-state index in [0.717, 1.165) is 60.1 Å². The summed E-state index contributed by atoms with van der Waals surface area (Å²) in [6.07, 6.45) is 50.8. The Bertz CT molecular complexity index is 2100. The van der Waals surface area contributed by atoms with Crippen LogP contribution in [0.2, 0.25) is 0 Å². The van der Waals surface area contributed by atoms with Crippen molar-refractivity contribution in [2.24, 2.45) is 0 Å². The van der Waals surface area contributed by atoms with Gasteiger partial charge in [-0.1, -0.05) is 270 Å². The summed E-state index contributed by atoms with van der Waals surface area (Å²) in [5.41, 5.74) is 5.21. The van der Waals surface area contributed by atoms with Crippen LogP contribution in [0, 0.1) is 0 Å². The third kappa shape index (κ3) is 29.2. The van der Waals surface area contributed by atoms with Crippen molar-refractivity contribution < 1.29 is 25.9 Å². The summed E-state index contributed by atoms with van der Waals surface area (Å²) in [7, 11) is -8.90. The molecule has 4 aromatic carbocycles. The molecule has 0 fully saturated rings. The van der Waals surface area contributed by atoms with Crippen molar-refractivity contribution in [3.63, 3.8) is 0 Å². The van der Waals surface area contributed by atoms with Gasteiger partial charge in [0.05, 0.1) is 9.79 Å². The first-order valence-electron chi connectivity index (χ1n) is 29.9. The van der Waals surface area contributed by atoms with Gasteiger partial charge in [-0.15, -0.1) is 0 Å². The van der Waals surface area contributed by atoms with Gasteiger partial charge in [-0.05, 0) is 119 Å². The van der Waals surface area contributed by atoms with Crippen molar-refractivity contribution in [1.29, 1.82) is 0 Å². The van der Waals surface area contributed by atoms with Crippen molar-refractivity contribution >= 4 is 79.5 Å². The second-order valence-electron chi connectivity index (χ2n) is 21.4. The minimum absolute atomic E-state index is 0. The molecule has 0 radical (unpaired) electrons. The standard InChI is InChI=1S/2C32H52O3S.Ca/c2*1-3-5-7-9-11-13-15-17-19-21-28-23-24-29-25-26-30(36(33,34)35)27-32(29)31(28)22-20-18-16-14-12-10-8-6-4-2;/h2*23-27H,3-22H2,1-2H3,(H,33,34,35);/q;;+2/p-2. The maximum Gasteiger partial charge on any atom is 2.00 e. The number of fused-ring (bicyclic) bond motifs is 2. The Balaban J connectivity index is 0.000000493. The smallest absolute Gasteiger partial charge is 0.744 e. The van der Waals surface area contributed by atoms with Crippen LogP contribution in [0.25, 0.3) is 21.5 Å². The quantitative estimate of drug-likeness (QED) is 0.0248. The molecule has 6 nitrogen and oxygen atoms in total. The Morgan fingerprint density at radius 3 is 0.767 bits per heavy atom. The molecule has 0 saturated carbocycles. The van der Waals surface area contributed by atoms with Crippen molar-refractivity contribution in [3.8, 4) is 0 Å². The monoisotopic (exact) mass is 1070 g/mol. The van der Waals surface area contributed by atoms with Crippen LogP contribution in [0.5, 0.6) is 0 Å². The predicted molar refractivity (Wildman–Crippen MR) is 313 cm³/mol. The van der Waals surface area contributed by atoms with E-state index in [1.807, 2.05) is 0 Å². The van der Waals surface area contributed by atoms with Gasteiger partial charge in [-0.2, -0.15) is 0 Å². The van der Waals surface area contributed by atoms with E-state index in [0.29, 0.717) is 0 Å². The molecular formula is C64H102CaO6S2. The molecule has 408 valence electrons. The zero-order chi connectivity index (χ0) is 52.1. The van der Waals surface area contributed by atoms with Crippen LogP contribution in [-0.2, 0) is 45.9 Å². The fourth-order valence-electron chi connectivity index (χ4n) is 10.7. The van der Waals surface area contributed by atoms with E-state index in [-0.39, 0.29) is 47.5 Å². The predicted octanol–water partition coefficient (Wildman–Crippen LogP) is 19.4. The first kappa shape index (κ1) is 67.6. The molecule has 0 amide bonds. The van der Waals surface area contributed by atoms with E-state index in [1.165, 1.54) is 253 Å². The van der Waals surface area contributed by atoms with E-state index in [9.17, 15) is 25.9 Å². The molecule has 4 aromatic rings. The van der Waals surface area contributed by atoms with Crippen molar-refractivity contribution in [2.75, 3.05) is 0 Å². The zero-order valence-corrected chi connectivity index (χ0v) is 50.9. The molecule has 73 heavy (non-hydrogen) atoms. The summed E-state index contributed by atoms with van der Waals surface area (Å²) < 4.78 is 70.2. The Morgan fingerprint density at radius 2 is 0.521 bits per heavy atom. The Morgan fingerprint density at radius 1 is 0.301 bits per heavy atom. The van der Waals surface area contributed by atoms with Gasteiger partial charge >= 0.3 is 37.7 Å². The number of hydrogen-bond donors (Lipinski definition) is 0. The molecule has 0 spiro atoms. The zero-order valence-electron chi connectivity index (χ0n) is 47.0. The van der Waals surface area contributed by atoms with E-state index in [2.05, 4.69) is 52.0 Å². The molecule has 0 atom stereocenters. The minimum atomic E-state index is -4.45. The number of unbranched alkanes of at least 4 members (excludes halogenated alkanes) is 32. The minimum Gasteiger partial charge on any atom is -0.744 e. The molecule has 0 N–H and O–H groups in total. The van der Waals surface area contributed by atoms with Crippen LogP contribution in [0.3, 0.4) is 0 Å². The summed E-state index contributed by atoms with van der Waals surface area (Å²) in [4.78, 5) is -0.216. The van der Waals surface area contributed by atoms with Crippen LogP contribution >= 0.6 is 0 Å². The van der Waals surface area contributed by atoms with Gasteiger partial charge in [0.2, 0.25) is 0 Å². The SMILES string of the molecule is CCCCCCCCCCCc1ccc2ccc(S(=O)(=O)[O-])cc2c1CCCCCCCCCCC.CCCCCCCCCCCc1ccc2ccc(S(=O)(=O)[O-])cc2c1CCCCCCCCCCC.[Ca+2]. The topological polar surface area (TPSA) is 114 Å². The summed E-state index contributed by atoms with van der Waals surface area (Å²) >= 11 is 0. The van der Waals surface area contributed by atoms with Crippen LogP contribution in [0.15, 0.2) is 70.5 Å². The van der Waals surface area contributed by atoms with Crippen LogP contribution in [0.1, 0.15) is 281 Å². The molecular weight excluding hydrogens is 969 g/mol. The molecule has 0 aliphatic heterocycles. The van der Waals surface area contributed by atoms with Crippen molar-refractivity contribution in [1.82, 2.24) is 0 Å². The Kier molecular flexibility index (Phi) is 38.5. The van der Waals surface area contributed by atoms with Gasteiger partial charge in [0.1, 0.15) is 20.2 Å². The van der Waals surface area contributed by atoms with E-state index >= 15 is 0 Å². The number of rotatable bonds is 42. The molecule has 0 bridgehead atoms. The van der Waals surface area contributed by atoms with E-state index < -0.39 is 20.2 Å². The van der Waals surface area contributed by atoms with Gasteiger partial charge in [-0.3, -0.25) is 0 Å². The second-order valence-corrected chi connectivity index (χ2v) is 24.2. The fourth-order valence-corrected chi connectivity index (χ4v) is 11.7. The van der Waals surface area contributed by atoms with Gasteiger partial charge < -0.3 is 9.11 Å². The van der Waals surface area contributed by atoms with E-state index in [4.69, 9.17) is 0 Å². The normalized spacial score (nSPS) is 11.8. The summed E-state index contributed by atoms with van der Waals surface area (Å²) in [6.45, 7) is 9.04. The first-order valence-corrected chi connectivity index (χ1v) is 32.8. The van der Waals surface area contributed by atoms with Crippen molar-refractivity contribution in [2.45, 2.75) is 294 Å². The molecule has 0 saturated heterocycles. The third-order valence-corrected chi connectivity index (χ3v) is 16.8. The summed E-state index contributed by atoms with van der Waals surface area (Å²) in [5.74, 6) is 0. The molecule has 0 heterocycles. The molecule has 0 aromatic heterocycles. The fraction of sp³-hybridized carbons (Fsp3) is 0.688. The molecule has 0 aliphatic rings. The number of aryl methyl sites for hydroxylation is 4. The number of benzene rings is 4. The molecule has 4 rings (SSSR count). The Labute approximate surface area is 478 Å². The second kappa shape index (κ2) is 41.6. The average Bonchev–Trinajstić information content (AvgIpc) is 3.36. The molecule has 0 aliphatic carbocycles. The van der Waals surface area contributed by atoms with Crippen LogP contribution < -0.4 is 0 Å². The summed E-state index contributed by atoms with van der Waals surface area (Å²) in [6, 6.07) is 18.4. The first-order chi connectivity index (χ1) is 34.9. The molecule has 0 unspecified atom stereocenters. The molecule has 9 heteroatoms.